The van der Waals surface area contributed by atoms with Crippen LogP contribution in [-0.4, -0.2) is 28.2 Å². The van der Waals surface area contributed by atoms with Crippen molar-refractivity contribution in [3.8, 4) is 5.75 Å². The second-order valence-electron chi connectivity index (χ2n) is 6.79. The number of hydrogen-bond donors (Lipinski definition) is 0. The summed E-state index contributed by atoms with van der Waals surface area (Å²) in [7, 11) is 0. The fourth-order valence-corrected chi connectivity index (χ4v) is 3.09. The van der Waals surface area contributed by atoms with E-state index in [1.54, 1.807) is 11.8 Å². The van der Waals surface area contributed by atoms with E-state index >= 15 is 0 Å². The lowest BCUT2D eigenvalue weighted by Crippen LogP contribution is -2.27. The van der Waals surface area contributed by atoms with Crippen molar-refractivity contribution in [2.45, 2.75) is 26.8 Å². The van der Waals surface area contributed by atoms with Crippen LogP contribution in [0.4, 0.5) is 5.69 Å². The van der Waals surface area contributed by atoms with E-state index in [4.69, 9.17) is 4.74 Å². The number of benzene rings is 2. The van der Waals surface area contributed by atoms with E-state index < -0.39 is 16.8 Å². The first-order valence-corrected chi connectivity index (χ1v) is 8.63. The molecule has 1 aliphatic rings. The summed E-state index contributed by atoms with van der Waals surface area (Å²) >= 11 is 0. The predicted molar refractivity (Wildman–Crippen MR) is 98.2 cm³/mol. The van der Waals surface area contributed by atoms with Crippen LogP contribution >= 0.6 is 0 Å². The van der Waals surface area contributed by atoms with Crippen molar-refractivity contribution < 1.29 is 19.2 Å². The molecule has 1 atom stereocenters. The molecule has 0 spiro atoms. The maximum Gasteiger partial charge on any atom is 0.316 e. The van der Waals surface area contributed by atoms with Crippen LogP contribution in [0, 0.1) is 29.9 Å². The Morgan fingerprint density at radius 3 is 2.56 bits per heavy atom. The average molecular weight is 368 g/mol. The molecule has 0 aromatic heterocycles. The van der Waals surface area contributed by atoms with Crippen LogP contribution in [-0.2, 0) is 16.1 Å². The minimum absolute atomic E-state index is 0.0323. The first kappa shape index (κ1) is 18.6. The number of aryl methyl sites for hydroxylation is 2. The molecule has 7 nitrogen and oxygen atoms in total. The maximum atomic E-state index is 12.4. The number of carbonyl (C=O) groups is 2. The monoisotopic (exact) mass is 368 g/mol. The van der Waals surface area contributed by atoms with Crippen LogP contribution in [0.1, 0.15) is 23.1 Å². The molecule has 3 rings (SSSR count). The standard InChI is InChI=1S/C20H20N2O5/c1-13-3-5-15(6-4-13)11-21-12-16(10-19(21)23)20(24)27-17-7-8-18(22(25)26)14(2)9-17/h3-9,16H,10-12H2,1-2H3. The van der Waals surface area contributed by atoms with Gasteiger partial charge in [-0.3, -0.25) is 19.7 Å². The molecule has 140 valence electrons. The van der Waals surface area contributed by atoms with Gasteiger partial charge in [0.05, 0.1) is 10.8 Å². The van der Waals surface area contributed by atoms with Crippen molar-refractivity contribution in [2.75, 3.05) is 6.54 Å². The van der Waals surface area contributed by atoms with Gasteiger partial charge in [-0.25, -0.2) is 0 Å². The Labute approximate surface area is 156 Å². The molecular weight excluding hydrogens is 348 g/mol. The lowest BCUT2D eigenvalue weighted by Gasteiger charge is -2.16. The molecule has 2 aromatic carbocycles. The van der Waals surface area contributed by atoms with Gasteiger partial charge in [0.1, 0.15) is 5.75 Å². The Hall–Kier alpha value is -3.22. The normalized spacial score (nSPS) is 16.4. The lowest BCUT2D eigenvalue weighted by atomic mass is 10.1. The second-order valence-corrected chi connectivity index (χ2v) is 6.79. The molecule has 27 heavy (non-hydrogen) atoms. The summed E-state index contributed by atoms with van der Waals surface area (Å²) in [6, 6.07) is 12.1. The van der Waals surface area contributed by atoms with E-state index in [0.717, 1.165) is 11.1 Å². The van der Waals surface area contributed by atoms with E-state index in [9.17, 15) is 19.7 Å². The highest BCUT2D eigenvalue weighted by molar-refractivity contribution is 5.87. The largest absolute Gasteiger partial charge is 0.426 e. The lowest BCUT2D eigenvalue weighted by molar-refractivity contribution is -0.385. The SMILES string of the molecule is Cc1ccc(CN2CC(C(=O)Oc3ccc([N+](=O)[O-])c(C)c3)CC2=O)cc1. The molecule has 0 aliphatic carbocycles. The van der Waals surface area contributed by atoms with Crippen molar-refractivity contribution in [1.29, 1.82) is 0 Å². The highest BCUT2D eigenvalue weighted by atomic mass is 16.6. The number of nitro groups is 1. The van der Waals surface area contributed by atoms with Gasteiger partial charge in [-0.2, -0.15) is 0 Å². The molecule has 1 saturated heterocycles. The number of likely N-dealkylation sites (tertiary alicyclic amines) is 1. The second kappa shape index (κ2) is 7.57. The zero-order valence-electron chi connectivity index (χ0n) is 15.2. The van der Waals surface area contributed by atoms with Gasteiger partial charge >= 0.3 is 5.97 Å². The third-order valence-electron chi connectivity index (χ3n) is 4.63. The summed E-state index contributed by atoms with van der Waals surface area (Å²) in [6.45, 7) is 4.34. The van der Waals surface area contributed by atoms with Crippen molar-refractivity contribution in [2.24, 2.45) is 5.92 Å². The fraction of sp³-hybridized carbons (Fsp3) is 0.300. The summed E-state index contributed by atoms with van der Waals surface area (Å²) < 4.78 is 5.34. The number of hydrogen-bond acceptors (Lipinski definition) is 5. The number of rotatable bonds is 5. The van der Waals surface area contributed by atoms with Gasteiger partial charge in [-0.05, 0) is 31.5 Å². The quantitative estimate of drug-likeness (QED) is 0.350. The number of amides is 1. The van der Waals surface area contributed by atoms with Crippen molar-refractivity contribution in [3.05, 3.63) is 69.3 Å². The summed E-state index contributed by atoms with van der Waals surface area (Å²) in [5, 5.41) is 10.9. The van der Waals surface area contributed by atoms with E-state index in [0.29, 0.717) is 18.7 Å². The summed E-state index contributed by atoms with van der Waals surface area (Å²) in [5.74, 6) is -0.883. The zero-order chi connectivity index (χ0) is 19.6. The average Bonchev–Trinajstić information content (AvgIpc) is 2.97. The van der Waals surface area contributed by atoms with Crippen molar-refractivity contribution in [3.63, 3.8) is 0 Å². The molecule has 0 radical (unpaired) electrons. The number of nitrogens with zero attached hydrogens (tertiary/aromatic N) is 2. The van der Waals surface area contributed by atoms with Crippen LogP contribution in [0.5, 0.6) is 5.75 Å². The Kier molecular flexibility index (Phi) is 5.21. The topological polar surface area (TPSA) is 89.8 Å². The first-order valence-electron chi connectivity index (χ1n) is 8.63. The van der Waals surface area contributed by atoms with Crippen LogP contribution in [0.15, 0.2) is 42.5 Å². The molecule has 7 heteroatoms. The number of ether oxygens (including phenoxy) is 1. The highest BCUT2D eigenvalue weighted by Gasteiger charge is 2.35. The van der Waals surface area contributed by atoms with E-state index in [1.807, 2.05) is 31.2 Å². The third-order valence-corrected chi connectivity index (χ3v) is 4.63. The molecule has 1 fully saturated rings. The third kappa shape index (κ3) is 4.31. The highest BCUT2D eigenvalue weighted by Crippen LogP contribution is 2.26. The van der Waals surface area contributed by atoms with E-state index in [1.165, 1.54) is 18.2 Å². The van der Waals surface area contributed by atoms with Gasteiger partial charge in [0.2, 0.25) is 5.91 Å². The Bertz CT molecular complexity index is 892. The molecule has 1 aliphatic heterocycles. The van der Waals surface area contributed by atoms with E-state index in [2.05, 4.69) is 0 Å². The maximum absolute atomic E-state index is 12.4. The first-order chi connectivity index (χ1) is 12.8. The molecule has 0 bridgehead atoms. The minimum Gasteiger partial charge on any atom is -0.426 e. The van der Waals surface area contributed by atoms with Crippen LogP contribution in [0.25, 0.3) is 0 Å². The van der Waals surface area contributed by atoms with Gasteiger partial charge in [-0.15, -0.1) is 0 Å². The molecule has 1 heterocycles. The minimum atomic E-state index is -0.543. The van der Waals surface area contributed by atoms with Crippen LogP contribution in [0.3, 0.4) is 0 Å². The molecule has 2 aromatic rings. The van der Waals surface area contributed by atoms with Gasteiger partial charge in [0, 0.05) is 31.1 Å². The molecule has 0 saturated carbocycles. The Morgan fingerprint density at radius 2 is 1.93 bits per heavy atom. The molecule has 1 amide bonds. The molecule has 1 unspecified atom stereocenters. The fourth-order valence-electron chi connectivity index (χ4n) is 3.09. The van der Waals surface area contributed by atoms with Crippen molar-refractivity contribution >= 4 is 17.6 Å². The molecule has 0 N–H and O–H groups in total. The number of nitro benzene ring substituents is 1. The zero-order valence-corrected chi connectivity index (χ0v) is 15.2. The van der Waals surface area contributed by atoms with Crippen molar-refractivity contribution in [1.82, 2.24) is 4.90 Å². The van der Waals surface area contributed by atoms with E-state index in [-0.39, 0.29) is 23.8 Å². The van der Waals surface area contributed by atoms with Gasteiger partial charge in [0.25, 0.3) is 5.69 Å². The summed E-state index contributed by atoms with van der Waals surface area (Å²) in [6.07, 6.45) is 0.108. The van der Waals surface area contributed by atoms with Gasteiger partial charge in [0.15, 0.2) is 0 Å². The number of esters is 1. The molecular formula is C20H20N2O5. The predicted octanol–water partition coefficient (Wildman–Crippen LogP) is 3.17. The summed E-state index contributed by atoms with van der Waals surface area (Å²) in [4.78, 5) is 36.7. The number of carbonyl (C=O) groups excluding carboxylic acids is 2. The summed E-state index contributed by atoms with van der Waals surface area (Å²) in [5.41, 5.74) is 2.53. The van der Waals surface area contributed by atoms with Crippen LogP contribution in [0.2, 0.25) is 0 Å². The van der Waals surface area contributed by atoms with Gasteiger partial charge < -0.3 is 9.64 Å². The Balaban J connectivity index is 1.62. The Morgan fingerprint density at radius 1 is 1.22 bits per heavy atom. The van der Waals surface area contributed by atoms with Crippen LogP contribution < -0.4 is 4.74 Å². The van der Waals surface area contributed by atoms with Gasteiger partial charge in [-0.1, -0.05) is 29.8 Å². The smallest absolute Gasteiger partial charge is 0.316 e.